The summed E-state index contributed by atoms with van der Waals surface area (Å²) in [7, 11) is 0. The fraction of sp³-hybridized carbons (Fsp3) is 0.615. The van der Waals surface area contributed by atoms with E-state index in [1.54, 1.807) is 0 Å². The highest BCUT2D eigenvalue weighted by molar-refractivity contribution is 6.01. The molecule has 1 unspecified atom stereocenters. The van der Waals surface area contributed by atoms with E-state index in [2.05, 4.69) is 50.9 Å². The summed E-state index contributed by atoms with van der Waals surface area (Å²) in [5.74, 6) is 2.39. The Kier molecular flexibility index (Phi) is 2.68. The van der Waals surface area contributed by atoms with Crippen LogP contribution in [0.3, 0.4) is 0 Å². The first-order valence-electron chi connectivity index (χ1n) is 5.82. The molecule has 15 heavy (non-hydrogen) atoms. The summed E-state index contributed by atoms with van der Waals surface area (Å²) in [5.41, 5.74) is 1.38. The molecule has 0 aliphatic carbocycles. The van der Waals surface area contributed by atoms with Crippen LogP contribution < -0.4 is 0 Å². The Balaban J connectivity index is 2.27. The van der Waals surface area contributed by atoms with Crippen molar-refractivity contribution in [3.05, 3.63) is 23.9 Å². The number of nitrogens with zero attached hydrogens (tertiary/aromatic N) is 2. The molecule has 0 bridgehead atoms. The van der Waals surface area contributed by atoms with Gasteiger partial charge in [0.15, 0.2) is 0 Å². The van der Waals surface area contributed by atoms with Crippen LogP contribution in [-0.4, -0.2) is 23.3 Å². The largest absolute Gasteiger partial charge is 0.331 e. The molecule has 2 rings (SSSR count). The molecular formula is C13H20N2. The molecule has 0 N–H and O–H groups in total. The van der Waals surface area contributed by atoms with Gasteiger partial charge >= 0.3 is 0 Å². The van der Waals surface area contributed by atoms with Crippen LogP contribution in [0.25, 0.3) is 0 Å². The summed E-state index contributed by atoms with van der Waals surface area (Å²) in [5, 5.41) is 0. The van der Waals surface area contributed by atoms with Crippen molar-refractivity contribution in [3.63, 3.8) is 0 Å². The van der Waals surface area contributed by atoms with E-state index in [-0.39, 0.29) is 0 Å². The second-order valence-corrected chi connectivity index (χ2v) is 5.03. The van der Waals surface area contributed by atoms with Crippen LogP contribution in [0.1, 0.15) is 27.7 Å². The Morgan fingerprint density at radius 1 is 1.33 bits per heavy atom. The lowest BCUT2D eigenvalue weighted by Crippen LogP contribution is -2.29. The number of fused-ring (bicyclic) bond motifs is 1. The molecule has 0 radical (unpaired) electrons. The van der Waals surface area contributed by atoms with Gasteiger partial charge in [0.2, 0.25) is 0 Å². The van der Waals surface area contributed by atoms with E-state index < -0.39 is 0 Å². The molecule has 1 atom stereocenters. The van der Waals surface area contributed by atoms with Crippen molar-refractivity contribution in [2.75, 3.05) is 6.54 Å². The monoisotopic (exact) mass is 204 g/mol. The summed E-state index contributed by atoms with van der Waals surface area (Å²) in [4.78, 5) is 7.13. The molecular weight excluding hydrogens is 184 g/mol. The highest BCUT2D eigenvalue weighted by atomic mass is 15.2. The van der Waals surface area contributed by atoms with Gasteiger partial charge in [-0.3, -0.25) is 4.99 Å². The smallest absolute Gasteiger partial charge is 0.131 e. The minimum Gasteiger partial charge on any atom is -0.331 e. The maximum absolute atomic E-state index is 4.84. The normalized spacial score (nSPS) is 24.7. The highest BCUT2D eigenvalue weighted by Gasteiger charge is 2.29. The van der Waals surface area contributed by atoms with Crippen molar-refractivity contribution in [2.24, 2.45) is 16.8 Å². The summed E-state index contributed by atoms with van der Waals surface area (Å²) in [6, 6.07) is 0.463. The van der Waals surface area contributed by atoms with E-state index in [1.165, 1.54) is 11.4 Å². The molecule has 0 aromatic heterocycles. The van der Waals surface area contributed by atoms with E-state index in [0.29, 0.717) is 17.9 Å². The zero-order valence-electron chi connectivity index (χ0n) is 10.1. The summed E-state index contributed by atoms with van der Waals surface area (Å²) in [6.07, 6.45) is 6.48. The predicted molar refractivity (Wildman–Crippen MR) is 64.8 cm³/mol. The van der Waals surface area contributed by atoms with Gasteiger partial charge in [-0.25, -0.2) is 0 Å². The van der Waals surface area contributed by atoms with Gasteiger partial charge in [-0.05, 0) is 23.5 Å². The van der Waals surface area contributed by atoms with Crippen molar-refractivity contribution < 1.29 is 0 Å². The molecule has 2 aliphatic heterocycles. The van der Waals surface area contributed by atoms with E-state index in [0.717, 1.165) is 6.54 Å². The highest BCUT2D eigenvalue weighted by Crippen LogP contribution is 2.26. The first-order chi connectivity index (χ1) is 7.09. The molecule has 0 aromatic rings. The summed E-state index contributed by atoms with van der Waals surface area (Å²) in [6.45, 7) is 10.0. The summed E-state index contributed by atoms with van der Waals surface area (Å²) < 4.78 is 0. The minimum atomic E-state index is 0.463. The van der Waals surface area contributed by atoms with Crippen LogP contribution in [0.4, 0.5) is 0 Å². The number of aliphatic imine (C=N–C) groups is 1. The molecule has 0 saturated carbocycles. The van der Waals surface area contributed by atoms with Gasteiger partial charge in [0.05, 0.1) is 6.04 Å². The molecule has 0 fully saturated rings. The lowest BCUT2D eigenvalue weighted by molar-refractivity contribution is 0.446. The molecule has 0 amide bonds. The van der Waals surface area contributed by atoms with Crippen molar-refractivity contribution in [3.8, 4) is 0 Å². The maximum Gasteiger partial charge on any atom is 0.131 e. The molecule has 82 valence electrons. The number of rotatable bonds is 2. The SMILES string of the molecule is CC(C)C1=CC=CN2CC(C(C)C)N=C12. The van der Waals surface area contributed by atoms with E-state index in [4.69, 9.17) is 4.99 Å². The van der Waals surface area contributed by atoms with Crippen molar-refractivity contribution in [1.29, 1.82) is 0 Å². The third-order valence-electron chi connectivity index (χ3n) is 3.14. The second kappa shape index (κ2) is 3.84. The Labute approximate surface area is 92.4 Å². The molecule has 2 heterocycles. The van der Waals surface area contributed by atoms with Crippen LogP contribution in [0, 0.1) is 11.8 Å². The predicted octanol–water partition coefficient (Wildman–Crippen LogP) is 2.83. The third-order valence-corrected chi connectivity index (χ3v) is 3.14. The van der Waals surface area contributed by atoms with Crippen LogP contribution in [0.15, 0.2) is 28.9 Å². The van der Waals surface area contributed by atoms with Crippen LogP contribution in [0.5, 0.6) is 0 Å². The topological polar surface area (TPSA) is 15.6 Å². The van der Waals surface area contributed by atoms with Gasteiger partial charge in [-0.1, -0.05) is 33.8 Å². The molecule has 0 spiro atoms. The van der Waals surface area contributed by atoms with Gasteiger partial charge in [0, 0.05) is 12.7 Å². The Morgan fingerprint density at radius 2 is 2.07 bits per heavy atom. The fourth-order valence-corrected chi connectivity index (χ4v) is 2.07. The van der Waals surface area contributed by atoms with Crippen molar-refractivity contribution >= 4 is 5.84 Å². The van der Waals surface area contributed by atoms with Gasteiger partial charge in [0.25, 0.3) is 0 Å². The molecule has 2 aliphatic rings. The number of hydrogen-bond acceptors (Lipinski definition) is 2. The van der Waals surface area contributed by atoms with E-state index in [9.17, 15) is 0 Å². The van der Waals surface area contributed by atoms with Crippen molar-refractivity contribution in [2.45, 2.75) is 33.7 Å². The Bertz CT molecular complexity index is 334. The second-order valence-electron chi connectivity index (χ2n) is 5.03. The zero-order valence-corrected chi connectivity index (χ0v) is 10.1. The van der Waals surface area contributed by atoms with Gasteiger partial charge in [-0.2, -0.15) is 0 Å². The molecule has 2 nitrogen and oxygen atoms in total. The maximum atomic E-state index is 4.84. The van der Waals surface area contributed by atoms with Gasteiger partial charge < -0.3 is 4.90 Å². The fourth-order valence-electron chi connectivity index (χ4n) is 2.07. The van der Waals surface area contributed by atoms with Crippen LogP contribution in [0.2, 0.25) is 0 Å². The minimum absolute atomic E-state index is 0.463. The van der Waals surface area contributed by atoms with Crippen molar-refractivity contribution in [1.82, 2.24) is 4.90 Å². The lowest BCUT2D eigenvalue weighted by Gasteiger charge is -2.23. The molecule has 2 heteroatoms. The average Bonchev–Trinajstić information content (AvgIpc) is 2.60. The Hall–Kier alpha value is -1.05. The first-order valence-corrected chi connectivity index (χ1v) is 5.82. The number of allylic oxidation sites excluding steroid dienone is 2. The standard InChI is InChI=1S/C13H20N2/c1-9(2)11-6-5-7-15-8-12(10(3)4)14-13(11)15/h5-7,9-10,12H,8H2,1-4H3. The average molecular weight is 204 g/mol. The van der Waals surface area contributed by atoms with E-state index in [1.807, 2.05) is 0 Å². The van der Waals surface area contributed by atoms with Crippen LogP contribution >= 0.6 is 0 Å². The Morgan fingerprint density at radius 3 is 2.67 bits per heavy atom. The quantitative estimate of drug-likeness (QED) is 0.675. The van der Waals surface area contributed by atoms with Gasteiger partial charge in [-0.15, -0.1) is 0 Å². The zero-order chi connectivity index (χ0) is 11.0. The summed E-state index contributed by atoms with van der Waals surface area (Å²) >= 11 is 0. The molecule has 0 aromatic carbocycles. The van der Waals surface area contributed by atoms with E-state index >= 15 is 0 Å². The first kappa shape index (κ1) is 10.5. The van der Waals surface area contributed by atoms with Crippen LogP contribution in [-0.2, 0) is 0 Å². The van der Waals surface area contributed by atoms with Gasteiger partial charge in [0.1, 0.15) is 5.84 Å². The number of hydrogen-bond donors (Lipinski definition) is 0. The lowest BCUT2D eigenvalue weighted by atomic mass is 10.00. The third kappa shape index (κ3) is 1.85. The molecule has 0 saturated heterocycles. The number of amidine groups is 1.